The molecule has 0 spiro atoms. The number of methoxy groups -OCH3 is 1. The Bertz CT molecular complexity index is 1230. The number of benzene rings is 1. The van der Waals surface area contributed by atoms with E-state index in [0.29, 0.717) is 18.1 Å². The Hall–Kier alpha value is -3.42. The maximum absolute atomic E-state index is 5.49. The normalized spacial score (nSPS) is 12.6. The SMILES string of the molecule is COc1ccc2c(c1)-c1nn(C(C)C)cc1Cc1c(-c3noc(C(C)C)n3)ncn1-2. The maximum Gasteiger partial charge on any atom is 0.229 e. The molecule has 0 saturated heterocycles. The van der Waals surface area contributed by atoms with Crippen LogP contribution >= 0.6 is 0 Å². The van der Waals surface area contributed by atoms with Crippen LogP contribution in [0, 0.1) is 0 Å². The van der Waals surface area contributed by atoms with Gasteiger partial charge in [0.15, 0.2) is 0 Å². The second-order valence-corrected chi connectivity index (χ2v) is 8.16. The van der Waals surface area contributed by atoms with Gasteiger partial charge in [-0.25, -0.2) is 4.98 Å². The Morgan fingerprint density at radius 3 is 2.67 bits per heavy atom. The van der Waals surface area contributed by atoms with E-state index in [2.05, 4.69) is 39.7 Å². The van der Waals surface area contributed by atoms with Crippen LogP contribution in [0.2, 0.25) is 0 Å². The summed E-state index contributed by atoms with van der Waals surface area (Å²) in [5.74, 6) is 2.08. The number of hydrogen-bond donors (Lipinski definition) is 0. The number of hydrogen-bond acceptors (Lipinski definition) is 6. The van der Waals surface area contributed by atoms with E-state index in [1.165, 1.54) is 0 Å². The Kier molecular flexibility index (Phi) is 4.23. The number of aromatic nitrogens is 6. The van der Waals surface area contributed by atoms with Gasteiger partial charge in [-0.05, 0) is 32.0 Å². The van der Waals surface area contributed by atoms with Gasteiger partial charge >= 0.3 is 0 Å². The van der Waals surface area contributed by atoms with Crippen molar-refractivity contribution in [2.45, 2.75) is 46.1 Å². The van der Waals surface area contributed by atoms with Crippen LogP contribution in [0.25, 0.3) is 28.5 Å². The Balaban J connectivity index is 1.73. The first-order valence-electron chi connectivity index (χ1n) is 10.1. The average Bonchev–Trinajstić information content (AvgIpc) is 3.44. The van der Waals surface area contributed by atoms with Crippen LogP contribution in [0.4, 0.5) is 0 Å². The minimum Gasteiger partial charge on any atom is -0.497 e. The molecular formula is C22H24N6O2. The maximum atomic E-state index is 5.49. The third-order valence-electron chi connectivity index (χ3n) is 5.43. The van der Waals surface area contributed by atoms with Crippen molar-refractivity contribution in [3.05, 3.63) is 47.9 Å². The van der Waals surface area contributed by atoms with Gasteiger partial charge in [-0.1, -0.05) is 19.0 Å². The van der Waals surface area contributed by atoms with Gasteiger partial charge in [-0.2, -0.15) is 10.1 Å². The summed E-state index contributed by atoms with van der Waals surface area (Å²) in [6, 6.07) is 6.30. The fourth-order valence-electron chi connectivity index (χ4n) is 3.78. The molecule has 8 heteroatoms. The predicted octanol–water partition coefficient (Wildman–Crippen LogP) is 4.40. The van der Waals surface area contributed by atoms with Gasteiger partial charge in [0, 0.05) is 35.7 Å². The summed E-state index contributed by atoms with van der Waals surface area (Å²) in [4.78, 5) is 9.23. The first-order valence-corrected chi connectivity index (χ1v) is 10.1. The van der Waals surface area contributed by atoms with Gasteiger partial charge in [-0.3, -0.25) is 4.68 Å². The van der Waals surface area contributed by atoms with Gasteiger partial charge < -0.3 is 13.8 Å². The van der Waals surface area contributed by atoms with Crippen molar-refractivity contribution in [1.82, 2.24) is 29.5 Å². The lowest BCUT2D eigenvalue weighted by Crippen LogP contribution is -2.03. The standard InChI is InChI=1S/C22H24N6O2/c1-12(2)22-24-21(26-30-22)20-18-8-14-10-28(13(3)4)25-19(14)16-9-15(29-5)6-7-17(16)27(18)11-23-20/h6-7,9-13H,8H2,1-5H3. The molecule has 0 unspecified atom stereocenters. The van der Waals surface area contributed by atoms with E-state index in [-0.39, 0.29) is 12.0 Å². The fraction of sp³-hybridized carbons (Fsp3) is 0.364. The molecule has 1 aromatic carbocycles. The minimum atomic E-state index is 0.163. The zero-order valence-corrected chi connectivity index (χ0v) is 17.7. The summed E-state index contributed by atoms with van der Waals surface area (Å²) in [6.45, 7) is 8.31. The average molecular weight is 404 g/mol. The lowest BCUT2D eigenvalue weighted by atomic mass is 10.0. The third-order valence-corrected chi connectivity index (χ3v) is 5.43. The van der Waals surface area contributed by atoms with Gasteiger partial charge in [0.2, 0.25) is 11.7 Å². The second-order valence-electron chi connectivity index (χ2n) is 8.16. The quantitative estimate of drug-likeness (QED) is 0.441. The second kappa shape index (κ2) is 6.83. The molecule has 0 fully saturated rings. The highest BCUT2D eigenvalue weighted by Crippen LogP contribution is 2.39. The van der Waals surface area contributed by atoms with Crippen molar-refractivity contribution < 1.29 is 9.26 Å². The Morgan fingerprint density at radius 2 is 1.97 bits per heavy atom. The van der Waals surface area contributed by atoms with E-state index in [4.69, 9.17) is 14.4 Å². The first kappa shape index (κ1) is 18.6. The molecule has 0 bridgehead atoms. The Morgan fingerprint density at radius 1 is 1.13 bits per heavy atom. The van der Waals surface area contributed by atoms with Gasteiger partial charge in [0.1, 0.15) is 17.8 Å². The number of nitrogens with zero attached hydrogens (tertiary/aromatic N) is 6. The van der Waals surface area contributed by atoms with Gasteiger partial charge in [0.25, 0.3) is 0 Å². The molecule has 0 N–H and O–H groups in total. The molecule has 5 rings (SSSR count). The zero-order chi connectivity index (χ0) is 21.0. The van der Waals surface area contributed by atoms with Crippen molar-refractivity contribution in [2.75, 3.05) is 7.11 Å². The molecule has 0 radical (unpaired) electrons. The van der Waals surface area contributed by atoms with Crippen LogP contribution in [-0.4, -0.2) is 36.6 Å². The van der Waals surface area contributed by atoms with Crippen LogP contribution in [0.1, 0.15) is 56.8 Å². The van der Waals surface area contributed by atoms with E-state index < -0.39 is 0 Å². The zero-order valence-electron chi connectivity index (χ0n) is 17.7. The smallest absolute Gasteiger partial charge is 0.229 e. The van der Waals surface area contributed by atoms with Crippen molar-refractivity contribution in [2.24, 2.45) is 0 Å². The van der Waals surface area contributed by atoms with Crippen LogP contribution in [0.3, 0.4) is 0 Å². The monoisotopic (exact) mass is 404 g/mol. The molecule has 0 atom stereocenters. The molecule has 0 amide bonds. The summed E-state index contributed by atoms with van der Waals surface area (Å²) in [6.07, 6.45) is 4.61. The molecule has 154 valence electrons. The van der Waals surface area contributed by atoms with E-state index >= 15 is 0 Å². The molecular weight excluding hydrogens is 380 g/mol. The summed E-state index contributed by atoms with van der Waals surface area (Å²) in [5, 5.41) is 9.09. The molecule has 1 aliphatic heterocycles. The lowest BCUT2D eigenvalue weighted by Gasteiger charge is -2.11. The third kappa shape index (κ3) is 2.82. The molecule has 4 aromatic rings. The van der Waals surface area contributed by atoms with Gasteiger partial charge in [0.05, 0.1) is 24.2 Å². The Labute approximate surface area is 174 Å². The molecule has 3 aromatic heterocycles. The fourth-order valence-corrected chi connectivity index (χ4v) is 3.78. The van der Waals surface area contributed by atoms with Crippen molar-refractivity contribution in [3.63, 3.8) is 0 Å². The highest BCUT2D eigenvalue weighted by Gasteiger charge is 2.28. The molecule has 4 heterocycles. The molecule has 1 aliphatic rings. The number of fused-ring (bicyclic) bond motifs is 5. The number of rotatable bonds is 4. The van der Waals surface area contributed by atoms with E-state index in [0.717, 1.165) is 39.6 Å². The number of ether oxygens (including phenoxy) is 1. The number of imidazole rings is 1. The molecule has 0 saturated carbocycles. The topological polar surface area (TPSA) is 83.8 Å². The van der Waals surface area contributed by atoms with Crippen LogP contribution in [0.15, 0.2) is 35.2 Å². The highest BCUT2D eigenvalue weighted by atomic mass is 16.5. The van der Waals surface area contributed by atoms with Crippen molar-refractivity contribution in [1.29, 1.82) is 0 Å². The predicted molar refractivity (Wildman–Crippen MR) is 112 cm³/mol. The lowest BCUT2D eigenvalue weighted by molar-refractivity contribution is 0.365. The van der Waals surface area contributed by atoms with Crippen LogP contribution in [-0.2, 0) is 6.42 Å². The van der Waals surface area contributed by atoms with Crippen LogP contribution < -0.4 is 4.74 Å². The summed E-state index contributed by atoms with van der Waals surface area (Å²) in [7, 11) is 1.68. The van der Waals surface area contributed by atoms with Crippen molar-refractivity contribution >= 4 is 0 Å². The largest absolute Gasteiger partial charge is 0.497 e. The summed E-state index contributed by atoms with van der Waals surface area (Å²) >= 11 is 0. The van der Waals surface area contributed by atoms with E-state index in [1.807, 2.05) is 43.1 Å². The van der Waals surface area contributed by atoms with E-state index in [1.54, 1.807) is 7.11 Å². The summed E-state index contributed by atoms with van der Waals surface area (Å²) in [5.41, 5.74) is 5.86. The van der Waals surface area contributed by atoms with E-state index in [9.17, 15) is 0 Å². The van der Waals surface area contributed by atoms with Gasteiger partial charge in [-0.15, -0.1) is 0 Å². The highest BCUT2D eigenvalue weighted by molar-refractivity contribution is 5.77. The molecule has 0 aliphatic carbocycles. The van der Waals surface area contributed by atoms with Crippen molar-refractivity contribution in [3.8, 4) is 34.2 Å². The first-order chi connectivity index (χ1) is 14.5. The molecule has 8 nitrogen and oxygen atoms in total. The van der Waals surface area contributed by atoms with Crippen LogP contribution in [0.5, 0.6) is 5.75 Å². The minimum absolute atomic E-state index is 0.163. The molecule has 30 heavy (non-hydrogen) atoms. The summed E-state index contributed by atoms with van der Waals surface area (Å²) < 4.78 is 15.0.